The number of nitrogens with zero attached hydrogens (tertiary/aromatic N) is 2. The Morgan fingerprint density at radius 1 is 1.18 bits per heavy atom. The van der Waals surface area contributed by atoms with Crippen LogP contribution in [0.15, 0.2) is 71.8 Å². The van der Waals surface area contributed by atoms with Gasteiger partial charge in [-0.1, -0.05) is 30.3 Å². The Balaban J connectivity index is 1.64. The molecule has 2 N–H and O–H groups in total. The van der Waals surface area contributed by atoms with Crippen LogP contribution >= 0.6 is 0 Å². The largest absolute Gasteiger partial charge is 0.496 e. The summed E-state index contributed by atoms with van der Waals surface area (Å²) in [6, 6.07) is 16.6. The molecule has 0 fully saturated rings. The van der Waals surface area contributed by atoms with Crippen LogP contribution < -0.4 is 10.1 Å². The molecule has 0 radical (unpaired) electrons. The molecule has 0 aliphatic carbocycles. The minimum atomic E-state index is -3.10. The Morgan fingerprint density at radius 3 is 2.61 bits per heavy atom. The lowest BCUT2D eigenvalue weighted by atomic mass is 10.1. The first-order valence-corrected chi connectivity index (χ1v) is 12.1. The second kappa shape index (κ2) is 9.03. The van der Waals surface area contributed by atoms with Crippen LogP contribution in [0.4, 0.5) is 10.1 Å². The molecule has 7 nitrogen and oxygen atoms in total. The third-order valence-electron chi connectivity index (χ3n) is 5.14. The van der Waals surface area contributed by atoms with Gasteiger partial charge in [-0.25, -0.2) is 13.4 Å². The summed E-state index contributed by atoms with van der Waals surface area (Å²) in [6.07, 6.45) is 3.14. The van der Waals surface area contributed by atoms with Crippen molar-refractivity contribution in [2.24, 2.45) is 0 Å². The predicted octanol–water partition coefficient (Wildman–Crippen LogP) is 4.45. The van der Waals surface area contributed by atoms with Gasteiger partial charge in [0.1, 0.15) is 11.6 Å². The van der Waals surface area contributed by atoms with Gasteiger partial charge >= 0.3 is 0 Å². The van der Waals surface area contributed by atoms with E-state index in [2.05, 4.69) is 10.4 Å². The van der Waals surface area contributed by atoms with Gasteiger partial charge in [-0.15, -0.1) is 0 Å². The minimum Gasteiger partial charge on any atom is -0.496 e. The van der Waals surface area contributed by atoms with Crippen molar-refractivity contribution in [3.8, 4) is 5.75 Å². The molecule has 0 saturated heterocycles. The molecule has 1 amide bonds. The number of methoxy groups -OCH3 is 1. The number of rotatable bonds is 7. The molecule has 4 rings (SSSR count). The second-order valence-corrected chi connectivity index (χ2v) is 9.87. The van der Waals surface area contributed by atoms with E-state index in [0.717, 1.165) is 11.1 Å². The van der Waals surface area contributed by atoms with E-state index in [1.54, 1.807) is 48.3 Å². The monoisotopic (exact) mass is 466 g/mol. The van der Waals surface area contributed by atoms with Gasteiger partial charge in [0, 0.05) is 29.1 Å². The van der Waals surface area contributed by atoms with Crippen LogP contribution in [0.1, 0.15) is 11.1 Å². The van der Waals surface area contributed by atoms with Crippen LogP contribution in [-0.4, -0.2) is 33.3 Å². The van der Waals surface area contributed by atoms with Gasteiger partial charge in [-0.2, -0.15) is 5.10 Å². The minimum absolute atomic E-state index is 0.0960. The number of hydrogen-bond donors (Lipinski definition) is 2. The maximum Gasteiger partial charge on any atom is 0.228 e. The SMILES string of the molecule is COc1ccccc1CC(=O)Nc1cc([S@](C)(=N)=O)c2cn(Cc3ccc(F)cc3)nc2c1. The summed E-state index contributed by atoms with van der Waals surface area (Å²) >= 11 is 0. The number of ether oxygens (including phenoxy) is 1. The fraction of sp³-hybridized carbons (Fsp3) is 0.167. The van der Waals surface area contributed by atoms with Crippen LogP contribution in [0.5, 0.6) is 5.75 Å². The van der Waals surface area contributed by atoms with Crippen LogP contribution in [0.25, 0.3) is 10.9 Å². The van der Waals surface area contributed by atoms with Crippen LogP contribution in [0, 0.1) is 10.6 Å². The van der Waals surface area contributed by atoms with Crippen molar-refractivity contribution in [1.82, 2.24) is 9.78 Å². The summed E-state index contributed by atoms with van der Waals surface area (Å²) in [6.45, 7) is 0.382. The quantitative estimate of drug-likeness (QED) is 0.421. The van der Waals surface area contributed by atoms with Gasteiger partial charge in [0.2, 0.25) is 5.91 Å². The summed E-state index contributed by atoms with van der Waals surface area (Å²) in [5, 5.41) is 7.92. The molecule has 9 heteroatoms. The maximum absolute atomic E-state index is 13.2. The fourth-order valence-corrected chi connectivity index (χ4v) is 4.55. The number of amides is 1. The van der Waals surface area contributed by atoms with E-state index in [1.165, 1.54) is 18.4 Å². The number of anilines is 1. The Hall–Kier alpha value is -3.72. The maximum atomic E-state index is 13.2. The molecule has 0 spiro atoms. The molecule has 170 valence electrons. The molecular formula is C24H23FN4O3S. The van der Waals surface area contributed by atoms with Gasteiger partial charge in [0.25, 0.3) is 0 Å². The molecule has 1 aromatic heterocycles. The summed E-state index contributed by atoms with van der Waals surface area (Å²) in [5.41, 5.74) is 2.50. The first-order chi connectivity index (χ1) is 15.7. The molecule has 3 aromatic carbocycles. The highest BCUT2D eigenvalue weighted by atomic mass is 32.2. The lowest BCUT2D eigenvalue weighted by Gasteiger charge is -2.11. The second-order valence-electron chi connectivity index (χ2n) is 7.74. The third-order valence-corrected chi connectivity index (χ3v) is 6.32. The first-order valence-electron chi connectivity index (χ1n) is 10.1. The van der Waals surface area contributed by atoms with Crippen molar-refractivity contribution in [1.29, 1.82) is 4.78 Å². The van der Waals surface area contributed by atoms with Gasteiger partial charge in [-0.3, -0.25) is 9.48 Å². The van der Waals surface area contributed by atoms with E-state index < -0.39 is 9.73 Å². The highest BCUT2D eigenvalue weighted by molar-refractivity contribution is 7.92. The smallest absolute Gasteiger partial charge is 0.228 e. The van der Waals surface area contributed by atoms with Crippen molar-refractivity contribution in [2.45, 2.75) is 17.9 Å². The fourth-order valence-electron chi connectivity index (χ4n) is 3.62. The number of aromatic nitrogens is 2. The summed E-state index contributed by atoms with van der Waals surface area (Å²) in [7, 11) is -1.55. The molecular weight excluding hydrogens is 443 g/mol. The number of fused-ring (bicyclic) bond motifs is 1. The first kappa shape index (κ1) is 22.5. The Bertz CT molecular complexity index is 1430. The molecule has 0 aliphatic heterocycles. The van der Waals surface area contributed by atoms with Crippen molar-refractivity contribution in [3.63, 3.8) is 0 Å². The Labute approximate surface area is 191 Å². The zero-order chi connectivity index (χ0) is 23.6. The number of hydrogen-bond acceptors (Lipinski definition) is 5. The normalized spacial score (nSPS) is 12.9. The topological polar surface area (TPSA) is 97.1 Å². The van der Waals surface area contributed by atoms with E-state index in [0.29, 0.717) is 28.9 Å². The molecule has 1 atom stereocenters. The third kappa shape index (κ3) is 5.20. The highest BCUT2D eigenvalue weighted by Crippen LogP contribution is 2.28. The van der Waals surface area contributed by atoms with Crippen LogP contribution in [-0.2, 0) is 27.5 Å². The van der Waals surface area contributed by atoms with Crippen LogP contribution in [0.2, 0.25) is 0 Å². The van der Waals surface area contributed by atoms with Crippen molar-refractivity contribution >= 4 is 32.2 Å². The molecule has 0 saturated carbocycles. The van der Waals surface area contributed by atoms with E-state index in [1.807, 2.05) is 18.2 Å². The van der Waals surface area contributed by atoms with Crippen molar-refractivity contribution in [2.75, 3.05) is 18.7 Å². The lowest BCUT2D eigenvalue weighted by Crippen LogP contribution is -2.15. The number of benzene rings is 3. The predicted molar refractivity (Wildman–Crippen MR) is 126 cm³/mol. The number of nitrogens with one attached hydrogen (secondary N) is 2. The average molecular weight is 467 g/mol. The van der Waals surface area contributed by atoms with Gasteiger partial charge < -0.3 is 10.1 Å². The standard InChI is InChI=1S/C24H23FN4O3S/c1-32-22-6-4-3-5-17(22)11-24(30)27-19-12-21-20(23(13-19)33(2,26)31)15-29(28-21)14-16-7-9-18(25)10-8-16/h3-10,12-13,15,26H,11,14H2,1-2H3,(H,27,30)/t33-/m1/s1. The van der Waals surface area contributed by atoms with E-state index in [4.69, 9.17) is 9.52 Å². The number of carbonyl (C=O) groups excluding carboxylic acids is 1. The summed E-state index contributed by atoms with van der Waals surface area (Å²) in [5.74, 6) is 0.0225. The Kier molecular flexibility index (Phi) is 6.15. The molecule has 0 bridgehead atoms. The molecule has 0 aliphatic rings. The number of halogens is 1. The highest BCUT2D eigenvalue weighted by Gasteiger charge is 2.16. The van der Waals surface area contributed by atoms with Gasteiger partial charge in [0.15, 0.2) is 0 Å². The lowest BCUT2D eigenvalue weighted by molar-refractivity contribution is -0.115. The van der Waals surface area contributed by atoms with Crippen molar-refractivity contribution in [3.05, 3.63) is 83.8 Å². The molecule has 33 heavy (non-hydrogen) atoms. The molecule has 1 heterocycles. The molecule has 4 aromatic rings. The summed E-state index contributed by atoms with van der Waals surface area (Å²) < 4.78 is 41.0. The Morgan fingerprint density at radius 2 is 1.91 bits per heavy atom. The zero-order valence-electron chi connectivity index (χ0n) is 18.2. The van der Waals surface area contributed by atoms with Crippen molar-refractivity contribution < 1.29 is 18.1 Å². The molecule has 0 unspecified atom stereocenters. The van der Waals surface area contributed by atoms with Gasteiger partial charge in [0.05, 0.1) is 40.2 Å². The number of carbonyl (C=O) groups is 1. The van der Waals surface area contributed by atoms with E-state index >= 15 is 0 Å². The summed E-state index contributed by atoms with van der Waals surface area (Å²) in [4.78, 5) is 13.0. The average Bonchev–Trinajstić information content (AvgIpc) is 3.16. The number of para-hydroxylation sites is 1. The van der Waals surface area contributed by atoms with Crippen LogP contribution in [0.3, 0.4) is 0 Å². The van der Waals surface area contributed by atoms with E-state index in [9.17, 15) is 13.4 Å². The van der Waals surface area contributed by atoms with Gasteiger partial charge in [-0.05, 0) is 35.9 Å². The van der Waals surface area contributed by atoms with E-state index in [-0.39, 0.29) is 23.0 Å². The zero-order valence-corrected chi connectivity index (χ0v) is 19.0.